The molecule has 4 N–H and O–H groups in total. The van der Waals surface area contributed by atoms with Crippen molar-refractivity contribution in [1.29, 1.82) is 0 Å². The number of anilines is 1. The fourth-order valence-electron chi connectivity index (χ4n) is 2.03. The molecule has 0 radical (unpaired) electrons. The van der Waals surface area contributed by atoms with Crippen LogP contribution in [0.1, 0.15) is 17.0 Å². The largest absolute Gasteiger partial charge is 0.459 e. The van der Waals surface area contributed by atoms with Crippen LogP contribution >= 0.6 is 24.0 Å². The average Bonchev–Trinajstić information content (AvgIpc) is 3.18. The number of thioether (sulfide) groups is 1. The highest BCUT2D eigenvalue weighted by molar-refractivity contribution is 7.98. The Hall–Kier alpha value is -2.52. The van der Waals surface area contributed by atoms with Gasteiger partial charge in [0, 0.05) is 5.69 Å². The van der Waals surface area contributed by atoms with Gasteiger partial charge in [0.25, 0.3) is 11.8 Å². The molecular weight excluding hydrogens is 372 g/mol. The van der Waals surface area contributed by atoms with Crippen molar-refractivity contribution in [1.82, 2.24) is 16.2 Å². The number of carbonyl (C=O) groups excluding carboxylic acids is 2. The average molecular weight is 393 g/mol. The molecule has 0 aliphatic carbocycles. The quantitative estimate of drug-likeness (QED) is 0.424. The minimum Gasteiger partial charge on any atom is -0.459 e. The van der Waals surface area contributed by atoms with Crippen molar-refractivity contribution < 1.29 is 14.0 Å². The van der Waals surface area contributed by atoms with Crippen LogP contribution in [0.4, 0.5) is 5.69 Å². The zero-order valence-electron chi connectivity index (χ0n) is 14.2. The van der Waals surface area contributed by atoms with E-state index in [1.807, 2.05) is 36.6 Å². The number of amides is 2. The molecule has 1 atom stereocenters. The van der Waals surface area contributed by atoms with Crippen molar-refractivity contribution in [3.63, 3.8) is 0 Å². The molecule has 1 aromatic heterocycles. The normalized spacial score (nSPS) is 11.3. The summed E-state index contributed by atoms with van der Waals surface area (Å²) in [5, 5.41) is 5.85. The Kier molecular flexibility index (Phi) is 7.97. The lowest BCUT2D eigenvalue weighted by molar-refractivity contribution is -0.123. The van der Waals surface area contributed by atoms with E-state index in [1.165, 1.54) is 12.3 Å². The molecule has 1 aromatic carbocycles. The van der Waals surface area contributed by atoms with Crippen molar-refractivity contribution in [3.05, 3.63) is 54.5 Å². The molecule has 1 heterocycles. The number of benzene rings is 1. The number of furan rings is 1. The van der Waals surface area contributed by atoms with Crippen LogP contribution in [-0.2, 0) is 4.79 Å². The van der Waals surface area contributed by atoms with Gasteiger partial charge in [-0.25, -0.2) is 0 Å². The first kappa shape index (κ1) is 19.8. The summed E-state index contributed by atoms with van der Waals surface area (Å²) < 4.78 is 5.05. The number of hydrazine groups is 1. The maximum Gasteiger partial charge on any atom is 0.287 e. The first-order chi connectivity index (χ1) is 12.6. The maximum atomic E-state index is 12.4. The third-order valence-electron chi connectivity index (χ3n) is 3.31. The van der Waals surface area contributed by atoms with E-state index in [0.29, 0.717) is 12.2 Å². The monoisotopic (exact) mass is 392 g/mol. The second-order valence-corrected chi connectivity index (χ2v) is 6.61. The first-order valence-corrected chi connectivity index (χ1v) is 9.65. The summed E-state index contributed by atoms with van der Waals surface area (Å²) in [5.41, 5.74) is 5.95. The molecule has 0 fully saturated rings. The zero-order valence-corrected chi connectivity index (χ0v) is 15.8. The summed E-state index contributed by atoms with van der Waals surface area (Å²) in [6, 6.07) is 11.8. The number of thiocarbonyl (C=S) groups is 1. The van der Waals surface area contributed by atoms with E-state index in [0.717, 1.165) is 5.69 Å². The molecule has 26 heavy (non-hydrogen) atoms. The second-order valence-electron chi connectivity index (χ2n) is 5.22. The Morgan fingerprint density at radius 1 is 1.15 bits per heavy atom. The Morgan fingerprint density at radius 3 is 2.58 bits per heavy atom. The van der Waals surface area contributed by atoms with Gasteiger partial charge in [-0.15, -0.1) is 0 Å². The lowest BCUT2D eigenvalue weighted by Crippen LogP contribution is -2.53. The van der Waals surface area contributed by atoms with Crippen molar-refractivity contribution in [2.24, 2.45) is 0 Å². The van der Waals surface area contributed by atoms with Gasteiger partial charge in [-0.2, -0.15) is 11.8 Å². The van der Waals surface area contributed by atoms with Gasteiger partial charge in [-0.05, 0) is 54.9 Å². The van der Waals surface area contributed by atoms with Gasteiger partial charge in [0.1, 0.15) is 6.04 Å². The molecule has 0 aliphatic rings. The van der Waals surface area contributed by atoms with E-state index in [9.17, 15) is 9.59 Å². The number of hydrogen-bond donors (Lipinski definition) is 4. The minimum atomic E-state index is -0.716. The van der Waals surface area contributed by atoms with E-state index in [2.05, 4.69) is 21.5 Å². The van der Waals surface area contributed by atoms with Gasteiger partial charge in [0.2, 0.25) is 0 Å². The molecule has 1 unspecified atom stereocenters. The van der Waals surface area contributed by atoms with Gasteiger partial charge >= 0.3 is 0 Å². The lowest BCUT2D eigenvalue weighted by atomic mass is 10.2. The topological polar surface area (TPSA) is 95.4 Å². The number of carbonyl (C=O) groups is 2. The Labute approximate surface area is 161 Å². The highest BCUT2D eigenvalue weighted by Gasteiger charge is 2.22. The molecule has 2 aromatic rings. The van der Waals surface area contributed by atoms with E-state index in [-0.39, 0.29) is 10.9 Å². The van der Waals surface area contributed by atoms with Crippen molar-refractivity contribution in [3.8, 4) is 0 Å². The molecule has 0 saturated carbocycles. The van der Waals surface area contributed by atoms with E-state index in [4.69, 9.17) is 16.6 Å². The summed E-state index contributed by atoms with van der Waals surface area (Å²) >= 11 is 6.72. The van der Waals surface area contributed by atoms with E-state index >= 15 is 0 Å². The summed E-state index contributed by atoms with van der Waals surface area (Å²) in [7, 11) is 0. The van der Waals surface area contributed by atoms with E-state index in [1.54, 1.807) is 17.8 Å². The number of nitrogens with one attached hydrogen (secondary N) is 4. The molecule has 7 nitrogen and oxygen atoms in total. The molecule has 2 amide bonds. The third-order valence-corrected chi connectivity index (χ3v) is 4.16. The zero-order chi connectivity index (χ0) is 18.8. The molecule has 0 spiro atoms. The Bertz CT molecular complexity index is 723. The summed E-state index contributed by atoms with van der Waals surface area (Å²) in [5.74, 6) is 0.0297. The smallest absolute Gasteiger partial charge is 0.287 e. The van der Waals surface area contributed by atoms with Crippen molar-refractivity contribution in [2.45, 2.75) is 12.5 Å². The van der Waals surface area contributed by atoms with Crippen LogP contribution in [0, 0.1) is 0 Å². The number of para-hydroxylation sites is 1. The summed E-state index contributed by atoms with van der Waals surface area (Å²) in [4.78, 5) is 24.5. The number of hydrogen-bond acceptors (Lipinski definition) is 5. The summed E-state index contributed by atoms with van der Waals surface area (Å²) in [6.07, 6.45) is 3.81. The molecule has 2 rings (SSSR count). The van der Waals surface area contributed by atoms with Gasteiger partial charge in [-0.1, -0.05) is 18.2 Å². The fraction of sp³-hybridized carbons (Fsp3) is 0.235. The molecule has 0 bridgehead atoms. The SMILES string of the molecule is CSCCC(NC(=O)c1ccco1)C(=O)NNC(=S)Nc1ccccc1. The van der Waals surface area contributed by atoms with Crippen LogP contribution in [0.2, 0.25) is 0 Å². The standard InChI is InChI=1S/C17H20N4O3S2/c1-26-11-9-13(19-16(23)14-8-5-10-24-14)15(22)20-21-17(25)18-12-6-3-2-4-7-12/h2-8,10,13H,9,11H2,1H3,(H,19,23)(H,20,22)(H2,18,21,25). The highest BCUT2D eigenvalue weighted by Crippen LogP contribution is 2.06. The molecule has 0 aliphatic heterocycles. The lowest BCUT2D eigenvalue weighted by Gasteiger charge is -2.18. The second kappa shape index (κ2) is 10.5. The van der Waals surface area contributed by atoms with Crippen LogP contribution in [0.5, 0.6) is 0 Å². The predicted molar refractivity (Wildman–Crippen MR) is 107 cm³/mol. The molecule has 9 heteroatoms. The molecule has 0 saturated heterocycles. The maximum absolute atomic E-state index is 12.4. The molecule has 138 valence electrons. The third kappa shape index (κ3) is 6.41. The predicted octanol–water partition coefficient (Wildman–Crippen LogP) is 2.15. The summed E-state index contributed by atoms with van der Waals surface area (Å²) in [6.45, 7) is 0. The van der Waals surface area contributed by atoms with Crippen LogP contribution in [-0.4, -0.2) is 35.0 Å². The van der Waals surface area contributed by atoms with Gasteiger partial charge in [0.15, 0.2) is 10.9 Å². The van der Waals surface area contributed by atoms with E-state index < -0.39 is 17.9 Å². The van der Waals surface area contributed by atoms with Crippen LogP contribution in [0.3, 0.4) is 0 Å². The van der Waals surface area contributed by atoms with Crippen LogP contribution < -0.4 is 21.5 Å². The minimum absolute atomic E-state index is 0.154. The van der Waals surface area contributed by atoms with Crippen LogP contribution in [0.25, 0.3) is 0 Å². The van der Waals surface area contributed by atoms with Crippen molar-refractivity contribution >= 4 is 46.6 Å². The Balaban J connectivity index is 1.87. The highest BCUT2D eigenvalue weighted by atomic mass is 32.2. The Morgan fingerprint density at radius 2 is 1.92 bits per heavy atom. The molecular formula is C17H20N4O3S2. The van der Waals surface area contributed by atoms with Crippen molar-refractivity contribution in [2.75, 3.05) is 17.3 Å². The van der Waals surface area contributed by atoms with Gasteiger partial charge < -0.3 is 15.1 Å². The number of rotatable bonds is 7. The van der Waals surface area contributed by atoms with Crippen LogP contribution in [0.15, 0.2) is 53.1 Å². The first-order valence-electron chi connectivity index (χ1n) is 7.85. The van der Waals surface area contributed by atoms with Gasteiger partial charge in [0.05, 0.1) is 6.26 Å². The fourth-order valence-corrected chi connectivity index (χ4v) is 2.67. The van der Waals surface area contributed by atoms with Gasteiger partial charge in [-0.3, -0.25) is 20.4 Å².